The van der Waals surface area contributed by atoms with Crippen molar-refractivity contribution in [1.29, 1.82) is 0 Å². The summed E-state index contributed by atoms with van der Waals surface area (Å²) in [6.45, 7) is 0.773. The third-order valence-electron chi connectivity index (χ3n) is 4.22. The van der Waals surface area contributed by atoms with Crippen LogP contribution in [0.1, 0.15) is 25.3 Å². The first-order valence-electron chi connectivity index (χ1n) is 6.76. The molecule has 1 aliphatic heterocycles. The van der Waals surface area contributed by atoms with Gasteiger partial charge in [0.15, 0.2) is 4.77 Å². The summed E-state index contributed by atoms with van der Waals surface area (Å²) in [5, 5.41) is 0. The summed E-state index contributed by atoms with van der Waals surface area (Å²) in [6.07, 6.45) is 3.68. The molecular formula is C14H15FN2OS. The highest BCUT2D eigenvalue weighted by Gasteiger charge is 2.42. The largest absolute Gasteiger partial charge is 0.376 e. The van der Waals surface area contributed by atoms with Crippen LogP contribution < -0.4 is 0 Å². The van der Waals surface area contributed by atoms with Crippen LogP contribution in [0.15, 0.2) is 18.2 Å². The molecule has 1 aromatic carbocycles. The van der Waals surface area contributed by atoms with Crippen LogP contribution in [0.2, 0.25) is 0 Å². The maximum Gasteiger partial charge on any atom is 0.178 e. The molecular weight excluding hydrogens is 263 g/mol. The molecule has 5 heteroatoms. The lowest BCUT2D eigenvalue weighted by molar-refractivity contribution is 0.0756. The Balaban J connectivity index is 1.88. The number of fused-ring (bicyclic) bond motifs is 1. The van der Waals surface area contributed by atoms with Gasteiger partial charge in [-0.15, -0.1) is 0 Å². The van der Waals surface area contributed by atoms with Crippen molar-refractivity contribution in [3.8, 4) is 0 Å². The quantitative estimate of drug-likeness (QED) is 0.851. The standard InChI is InChI=1S/C14H15FN2OS/c15-9-2-1-3-10-12(9)16-14(19)17(10)11-6-7-18-13(11)8-4-5-8/h1-3,8,11,13H,4-7H2,(H,16,19). The lowest BCUT2D eigenvalue weighted by Crippen LogP contribution is -2.22. The molecule has 2 heterocycles. The first-order valence-corrected chi connectivity index (χ1v) is 7.17. The summed E-state index contributed by atoms with van der Waals surface area (Å²) in [4.78, 5) is 3.00. The van der Waals surface area contributed by atoms with Gasteiger partial charge in [0.05, 0.1) is 17.7 Å². The molecule has 2 atom stereocenters. The summed E-state index contributed by atoms with van der Waals surface area (Å²) in [5.74, 6) is 0.414. The number of aromatic amines is 1. The Hall–Kier alpha value is -1.20. The van der Waals surface area contributed by atoms with Crippen molar-refractivity contribution < 1.29 is 9.13 Å². The van der Waals surface area contributed by atoms with Gasteiger partial charge in [-0.2, -0.15) is 0 Å². The number of nitrogens with zero attached hydrogens (tertiary/aromatic N) is 1. The van der Waals surface area contributed by atoms with Crippen LogP contribution in [0.4, 0.5) is 4.39 Å². The van der Waals surface area contributed by atoms with Gasteiger partial charge in [0, 0.05) is 6.61 Å². The Morgan fingerprint density at radius 3 is 2.95 bits per heavy atom. The molecule has 1 aromatic heterocycles. The van der Waals surface area contributed by atoms with Crippen molar-refractivity contribution >= 4 is 23.3 Å². The molecule has 1 N–H and O–H groups in total. The highest BCUT2D eigenvalue weighted by molar-refractivity contribution is 7.71. The fourth-order valence-corrected chi connectivity index (χ4v) is 3.53. The number of ether oxygens (including phenoxy) is 1. The number of rotatable bonds is 2. The van der Waals surface area contributed by atoms with Crippen LogP contribution >= 0.6 is 12.2 Å². The zero-order valence-corrected chi connectivity index (χ0v) is 11.3. The van der Waals surface area contributed by atoms with Gasteiger partial charge in [0.2, 0.25) is 0 Å². The van der Waals surface area contributed by atoms with Gasteiger partial charge >= 0.3 is 0 Å². The van der Waals surface area contributed by atoms with Crippen LogP contribution in [-0.2, 0) is 4.74 Å². The molecule has 2 fully saturated rings. The number of hydrogen-bond donors (Lipinski definition) is 1. The Kier molecular flexibility index (Phi) is 2.53. The van der Waals surface area contributed by atoms with Gasteiger partial charge in [-0.3, -0.25) is 0 Å². The minimum atomic E-state index is -0.246. The van der Waals surface area contributed by atoms with Gasteiger partial charge in [-0.1, -0.05) is 6.07 Å². The van der Waals surface area contributed by atoms with Crippen molar-refractivity contribution in [2.24, 2.45) is 5.92 Å². The van der Waals surface area contributed by atoms with Crippen LogP contribution in [0, 0.1) is 16.5 Å². The van der Waals surface area contributed by atoms with Crippen LogP contribution in [0.25, 0.3) is 11.0 Å². The molecule has 1 saturated carbocycles. The summed E-state index contributed by atoms with van der Waals surface area (Å²) >= 11 is 5.39. The maximum atomic E-state index is 13.8. The molecule has 3 nitrogen and oxygen atoms in total. The van der Waals surface area contributed by atoms with Crippen LogP contribution in [0.5, 0.6) is 0 Å². The lowest BCUT2D eigenvalue weighted by atomic mass is 10.1. The predicted octanol–water partition coefficient (Wildman–Crippen LogP) is 3.58. The van der Waals surface area contributed by atoms with E-state index in [9.17, 15) is 4.39 Å². The van der Waals surface area contributed by atoms with E-state index in [0.29, 0.717) is 16.2 Å². The first-order chi connectivity index (χ1) is 9.25. The normalized spacial score (nSPS) is 27.2. The molecule has 1 aliphatic carbocycles. The average Bonchev–Trinajstić information content (AvgIpc) is 3.02. The topological polar surface area (TPSA) is 29.9 Å². The Bertz CT molecular complexity index is 688. The van der Waals surface area contributed by atoms with Crippen molar-refractivity contribution in [2.75, 3.05) is 6.61 Å². The number of hydrogen-bond acceptors (Lipinski definition) is 2. The molecule has 2 aliphatic rings. The molecule has 2 unspecified atom stereocenters. The number of benzene rings is 1. The predicted molar refractivity (Wildman–Crippen MR) is 73.2 cm³/mol. The van der Waals surface area contributed by atoms with Crippen LogP contribution in [-0.4, -0.2) is 22.3 Å². The monoisotopic (exact) mass is 278 g/mol. The van der Waals surface area contributed by atoms with Gasteiger partial charge in [-0.25, -0.2) is 4.39 Å². The van der Waals surface area contributed by atoms with Crippen molar-refractivity contribution in [3.63, 3.8) is 0 Å². The number of H-pyrrole nitrogens is 1. The zero-order valence-electron chi connectivity index (χ0n) is 10.4. The van der Waals surface area contributed by atoms with Gasteiger partial charge in [0.1, 0.15) is 11.3 Å². The second kappa shape index (κ2) is 4.15. The maximum absolute atomic E-state index is 13.8. The molecule has 2 aromatic rings. The van der Waals surface area contributed by atoms with E-state index in [2.05, 4.69) is 9.55 Å². The molecule has 0 bridgehead atoms. The highest BCUT2D eigenvalue weighted by atomic mass is 32.1. The van der Waals surface area contributed by atoms with E-state index in [0.717, 1.165) is 18.5 Å². The fourth-order valence-electron chi connectivity index (χ4n) is 3.19. The van der Waals surface area contributed by atoms with E-state index >= 15 is 0 Å². The minimum Gasteiger partial charge on any atom is -0.376 e. The summed E-state index contributed by atoms with van der Waals surface area (Å²) in [6, 6.07) is 5.36. The van der Waals surface area contributed by atoms with E-state index < -0.39 is 0 Å². The van der Waals surface area contributed by atoms with Gasteiger partial charge < -0.3 is 14.3 Å². The highest BCUT2D eigenvalue weighted by Crippen LogP contribution is 2.44. The SMILES string of the molecule is Fc1cccc2c1[nH]c(=S)n2C1CCOC1C1CC1. The van der Waals surface area contributed by atoms with Crippen molar-refractivity contribution in [2.45, 2.75) is 31.4 Å². The number of halogens is 1. The van der Waals surface area contributed by atoms with E-state index in [1.165, 1.54) is 18.9 Å². The van der Waals surface area contributed by atoms with Gasteiger partial charge in [-0.05, 0) is 49.5 Å². The van der Waals surface area contributed by atoms with Gasteiger partial charge in [0.25, 0.3) is 0 Å². The number of para-hydroxylation sites is 1. The number of nitrogens with one attached hydrogen (secondary N) is 1. The summed E-state index contributed by atoms with van der Waals surface area (Å²) in [7, 11) is 0. The summed E-state index contributed by atoms with van der Waals surface area (Å²) in [5.41, 5.74) is 1.36. The van der Waals surface area contributed by atoms with Crippen LogP contribution in [0.3, 0.4) is 0 Å². The molecule has 0 radical (unpaired) electrons. The third-order valence-corrected chi connectivity index (χ3v) is 4.52. The second-order valence-corrected chi connectivity index (χ2v) is 5.85. The van der Waals surface area contributed by atoms with E-state index in [-0.39, 0.29) is 18.0 Å². The molecule has 0 spiro atoms. The Morgan fingerprint density at radius 1 is 1.32 bits per heavy atom. The Morgan fingerprint density at radius 2 is 2.16 bits per heavy atom. The smallest absolute Gasteiger partial charge is 0.178 e. The third kappa shape index (κ3) is 1.75. The first kappa shape index (κ1) is 11.6. The second-order valence-electron chi connectivity index (χ2n) is 5.46. The lowest BCUT2D eigenvalue weighted by Gasteiger charge is -2.20. The average molecular weight is 278 g/mol. The molecule has 100 valence electrons. The number of imidazole rings is 1. The zero-order chi connectivity index (χ0) is 13.0. The Labute approximate surface area is 115 Å². The molecule has 19 heavy (non-hydrogen) atoms. The van der Waals surface area contributed by atoms with E-state index in [1.807, 2.05) is 6.07 Å². The fraction of sp³-hybridized carbons (Fsp3) is 0.500. The molecule has 1 saturated heterocycles. The summed E-state index contributed by atoms with van der Waals surface area (Å²) < 4.78 is 22.3. The molecule has 0 amide bonds. The van der Waals surface area contributed by atoms with Crippen molar-refractivity contribution in [3.05, 3.63) is 28.8 Å². The minimum absolute atomic E-state index is 0.244. The van der Waals surface area contributed by atoms with E-state index in [1.54, 1.807) is 6.07 Å². The number of aromatic nitrogens is 2. The molecule has 4 rings (SSSR count). The van der Waals surface area contributed by atoms with Crippen molar-refractivity contribution in [1.82, 2.24) is 9.55 Å². The van der Waals surface area contributed by atoms with E-state index in [4.69, 9.17) is 17.0 Å².